The average Bonchev–Trinajstić information content (AvgIpc) is 2.55. The summed E-state index contributed by atoms with van der Waals surface area (Å²) in [6, 6.07) is 9.55. The third-order valence-corrected chi connectivity index (χ3v) is 3.92. The van der Waals surface area contributed by atoms with E-state index in [1.165, 1.54) is 18.2 Å². The Morgan fingerprint density at radius 1 is 1.28 bits per heavy atom. The van der Waals surface area contributed by atoms with Crippen molar-refractivity contribution in [2.24, 2.45) is 5.92 Å². The molecule has 2 aromatic rings. The highest BCUT2D eigenvalue weighted by atomic mass is 79.9. The number of nitro groups is 1. The highest BCUT2D eigenvalue weighted by molar-refractivity contribution is 9.10. The number of nitrogens with zero attached hydrogens (tertiary/aromatic N) is 1. The van der Waals surface area contributed by atoms with Crippen LogP contribution in [-0.4, -0.2) is 17.4 Å². The maximum atomic E-state index is 12.7. The van der Waals surface area contributed by atoms with Crippen molar-refractivity contribution in [1.29, 1.82) is 0 Å². The first-order valence-corrected chi connectivity index (χ1v) is 8.56. The molecule has 0 unspecified atom stereocenters. The fraction of sp³-hybridized carbons (Fsp3) is 0.278. The van der Waals surface area contributed by atoms with E-state index in [-0.39, 0.29) is 11.6 Å². The molecule has 1 amide bonds. The molecule has 25 heavy (non-hydrogen) atoms. The summed E-state index contributed by atoms with van der Waals surface area (Å²) >= 11 is 3.36. The molecular formula is C18H19BrN2O4. The largest absolute Gasteiger partial charge is 0.492 e. The molecule has 0 aromatic heterocycles. The molecule has 0 atom stereocenters. The summed E-state index contributed by atoms with van der Waals surface area (Å²) in [5.41, 5.74) is 1.51. The maximum Gasteiger partial charge on any atom is 0.269 e. The number of nitro benzene ring substituents is 1. The van der Waals surface area contributed by atoms with Crippen LogP contribution in [0.4, 0.5) is 11.4 Å². The standard InChI is InChI=1S/C18H19BrN2O4/c1-11(2)10-25-17-7-4-13(19)9-15(17)18(22)20-16-6-5-14(21(23)24)8-12(16)3/h4-9,11H,10H2,1-3H3,(H,20,22). The first-order chi connectivity index (χ1) is 11.8. The molecule has 7 heteroatoms. The number of carbonyl (C=O) groups is 1. The van der Waals surface area contributed by atoms with E-state index in [1.807, 2.05) is 19.9 Å². The maximum absolute atomic E-state index is 12.7. The Morgan fingerprint density at radius 2 is 2.00 bits per heavy atom. The summed E-state index contributed by atoms with van der Waals surface area (Å²) in [5, 5.41) is 13.6. The van der Waals surface area contributed by atoms with Crippen molar-refractivity contribution in [3.63, 3.8) is 0 Å². The Morgan fingerprint density at radius 3 is 2.60 bits per heavy atom. The number of carbonyl (C=O) groups excluding carboxylic acids is 1. The first-order valence-electron chi connectivity index (χ1n) is 7.76. The monoisotopic (exact) mass is 406 g/mol. The smallest absolute Gasteiger partial charge is 0.269 e. The van der Waals surface area contributed by atoms with Gasteiger partial charge in [0.1, 0.15) is 5.75 Å². The van der Waals surface area contributed by atoms with Crippen molar-refractivity contribution in [3.8, 4) is 5.75 Å². The van der Waals surface area contributed by atoms with Crippen molar-refractivity contribution < 1.29 is 14.5 Å². The van der Waals surface area contributed by atoms with Gasteiger partial charge in [-0.1, -0.05) is 29.8 Å². The predicted molar refractivity (Wildman–Crippen MR) is 100 cm³/mol. The lowest BCUT2D eigenvalue weighted by Gasteiger charge is -2.14. The number of ether oxygens (including phenoxy) is 1. The van der Waals surface area contributed by atoms with E-state index in [0.29, 0.717) is 35.1 Å². The van der Waals surface area contributed by atoms with E-state index in [0.717, 1.165) is 4.47 Å². The van der Waals surface area contributed by atoms with Crippen molar-refractivity contribution in [3.05, 3.63) is 62.1 Å². The second-order valence-corrected chi connectivity index (χ2v) is 6.97. The third kappa shape index (κ3) is 5.03. The number of hydrogen-bond acceptors (Lipinski definition) is 4. The topological polar surface area (TPSA) is 81.5 Å². The Hall–Kier alpha value is -2.41. The molecule has 0 saturated carbocycles. The average molecular weight is 407 g/mol. The van der Waals surface area contributed by atoms with Crippen LogP contribution >= 0.6 is 15.9 Å². The van der Waals surface area contributed by atoms with Gasteiger partial charge in [-0.05, 0) is 42.7 Å². The fourth-order valence-electron chi connectivity index (χ4n) is 2.15. The number of anilines is 1. The summed E-state index contributed by atoms with van der Waals surface area (Å²) in [5.74, 6) is 0.488. The second-order valence-electron chi connectivity index (χ2n) is 6.06. The van der Waals surface area contributed by atoms with Crippen LogP contribution in [0, 0.1) is 23.0 Å². The molecule has 6 nitrogen and oxygen atoms in total. The van der Waals surface area contributed by atoms with E-state index in [9.17, 15) is 14.9 Å². The molecule has 2 aromatic carbocycles. The second kappa shape index (κ2) is 8.11. The van der Waals surface area contributed by atoms with Gasteiger partial charge < -0.3 is 10.1 Å². The van der Waals surface area contributed by atoms with Gasteiger partial charge in [0.2, 0.25) is 0 Å². The highest BCUT2D eigenvalue weighted by Crippen LogP contribution is 2.26. The Kier molecular flexibility index (Phi) is 6.14. The number of aryl methyl sites for hydroxylation is 1. The van der Waals surface area contributed by atoms with Crippen LogP contribution in [-0.2, 0) is 0 Å². The molecule has 0 aliphatic rings. The van der Waals surface area contributed by atoms with E-state index in [4.69, 9.17) is 4.74 Å². The van der Waals surface area contributed by atoms with Gasteiger partial charge in [-0.15, -0.1) is 0 Å². The van der Waals surface area contributed by atoms with Gasteiger partial charge in [-0.25, -0.2) is 0 Å². The SMILES string of the molecule is Cc1cc([N+](=O)[O-])ccc1NC(=O)c1cc(Br)ccc1OCC(C)C. The van der Waals surface area contributed by atoms with E-state index >= 15 is 0 Å². The molecule has 2 rings (SSSR count). The third-order valence-electron chi connectivity index (χ3n) is 3.43. The number of rotatable bonds is 6. The zero-order valence-corrected chi connectivity index (χ0v) is 15.8. The lowest BCUT2D eigenvalue weighted by molar-refractivity contribution is -0.384. The molecule has 0 aliphatic carbocycles. The fourth-order valence-corrected chi connectivity index (χ4v) is 2.51. The minimum Gasteiger partial charge on any atom is -0.492 e. The van der Waals surface area contributed by atoms with Crippen molar-refractivity contribution >= 4 is 33.2 Å². The first kappa shape index (κ1) is 18.9. The van der Waals surface area contributed by atoms with Crippen LogP contribution in [0.25, 0.3) is 0 Å². The van der Waals surface area contributed by atoms with Gasteiger partial charge in [-0.3, -0.25) is 14.9 Å². The molecule has 132 valence electrons. The number of amides is 1. The number of non-ortho nitro benzene ring substituents is 1. The van der Waals surface area contributed by atoms with Crippen molar-refractivity contribution in [1.82, 2.24) is 0 Å². The molecular weight excluding hydrogens is 388 g/mol. The zero-order valence-electron chi connectivity index (χ0n) is 14.2. The molecule has 0 saturated heterocycles. The van der Waals surface area contributed by atoms with Crippen LogP contribution in [0.2, 0.25) is 0 Å². The van der Waals surface area contributed by atoms with Gasteiger partial charge in [0.15, 0.2) is 0 Å². The number of hydrogen-bond donors (Lipinski definition) is 1. The Balaban J connectivity index is 2.26. The van der Waals surface area contributed by atoms with Crippen LogP contribution < -0.4 is 10.1 Å². The summed E-state index contributed by atoms with van der Waals surface area (Å²) < 4.78 is 6.48. The molecule has 0 bridgehead atoms. The van der Waals surface area contributed by atoms with Gasteiger partial charge >= 0.3 is 0 Å². The van der Waals surface area contributed by atoms with Crippen LogP contribution in [0.3, 0.4) is 0 Å². The van der Waals surface area contributed by atoms with Gasteiger partial charge in [-0.2, -0.15) is 0 Å². The van der Waals surface area contributed by atoms with Gasteiger partial charge in [0.25, 0.3) is 11.6 Å². The molecule has 1 N–H and O–H groups in total. The molecule has 0 radical (unpaired) electrons. The minimum atomic E-state index is -0.467. The Bertz CT molecular complexity index is 806. The minimum absolute atomic E-state index is 0.0149. The summed E-state index contributed by atoms with van der Waals surface area (Å²) in [6.45, 7) is 6.26. The van der Waals surface area contributed by atoms with Crippen LogP contribution in [0.15, 0.2) is 40.9 Å². The Labute approximate surface area is 154 Å². The van der Waals surface area contributed by atoms with Crippen LogP contribution in [0.1, 0.15) is 29.8 Å². The van der Waals surface area contributed by atoms with Crippen molar-refractivity contribution in [2.75, 3.05) is 11.9 Å². The molecule has 0 aliphatic heterocycles. The zero-order chi connectivity index (χ0) is 18.6. The lowest BCUT2D eigenvalue weighted by Crippen LogP contribution is -2.15. The number of benzene rings is 2. The van der Waals surface area contributed by atoms with E-state index in [1.54, 1.807) is 19.1 Å². The number of halogens is 1. The summed E-state index contributed by atoms with van der Waals surface area (Å²) in [7, 11) is 0. The molecule has 0 heterocycles. The summed E-state index contributed by atoms with van der Waals surface area (Å²) in [6.07, 6.45) is 0. The highest BCUT2D eigenvalue weighted by Gasteiger charge is 2.16. The lowest BCUT2D eigenvalue weighted by atomic mass is 10.1. The molecule has 0 spiro atoms. The van der Waals surface area contributed by atoms with Crippen LogP contribution in [0.5, 0.6) is 5.75 Å². The number of nitrogens with one attached hydrogen (secondary N) is 1. The molecule has 0 fully saturated rings. The van der Waals surface area contributed by atoms with Gasteiger partial charge in [0, 0.05) is 22.3 Å². The summed E-state index contributed by atoms with van der Waals surface area (Å²) in [4.78, 5) is 23.0. The van der Waals surface area contributed by atoms with E-state index < -0.39 is 4.92 Å². The van der Waals surface area contributed by atoms with Crippen molar-refractivity contribution in [2.45, 2.75) is 20.8 Å². The quantitative estimate of drug-likeness (QED) is 0.543. The predicted octanol–water partition coefficient (Wildman–Crippen LogP) is 4.95. The van der Waals surface area contributed by atoms with E-state index in [2.05, 4.69) is 21.2 Å². The normalized spacial score (nSPS) is 10.6. The van der Waals surface area contributed by atoms with Gasteiger partial charge in [0.05, 0.1) is 17.1 Å².